The van der Waals surface area contributed by atoms with Gasteiger partial charge in [-0.05, 0) is 27.2 Å². The molecule has 58 valence electrons. The first-order valence-corrected chi connectivity index (χ1v) is 3.99. The minimum absolute atomic E-state index is 1.20. The molecule has 0 fully saturated rings. The standard InChI is InChI=1S/C10H18/c1-5-6-7-8-10(4)9(2)3/h7-8H,5-6H2,1-4H3. The molecule has 0 heteroatoms. The molecular weight excluding hydrogens is 120 g/mol. The van der Waals surface area contributed by atoms with Gasteiger partial charge in [0.25, 0.3) is 0 Å². The average molecular weight is 138 g/mol. The van der Waals surface area contributed by atoms with Crippen molar-refractivity contribution in [3.05, 3.63) is 23.3 Å². The van der Waals surface area contributed by atoms with E-state index in [-0.39, 0.29) is 0 Å². The molecule has 0 saturated heterocycles. The fraction of sp³-hybridized carbons (Fsp3) is 0.600. The van der Waals surface area contributed by atoms with Gasteiger partial charge < -0.3 is 0 Å². The molecule has 0 unspecified atom stereocenters. The maximum Gasteiger partial charge on any atom is -0.0350 e. The number of hydrogen-bond donors (Lipinski definition) is 0. The van der Waals surface area contributed by atoms with E-state index in [4.69, 9.17) is 0 Å². The highest BCUT2D eigenvalue weighted by Crippen LogP contribution is 2.03. The van der Waals surface area contributed by atoms with E-state index in [1.165, 1.54) is 24.0 Å². The maximum atomic E-state index is 2.24. The zero-order chi connectivity index (χ0) is 7.98. The number of allylic oxidation sites excluding steroid dienone is 4. The first kappa shape index (κ1) is 9.48. The lowest BCUT2D eigenvalue weighted by molar-refractivity contribution is 0.957. The summed E-state index contributed by atoms with van der Waals surface area (Å²) in [6, 6.07) is 0. The molecule has 0 aromatic rings. The summed E-state index contributed by atoms with van der Waals surface area (Å²) >= 11 is 0. The van der Waals surface area contributed by atoms with E-state index in [9.17, 15) is 0 Å². The van der Waals surface area contributed by atoms with Crippen molar-refractivity contribution < 1.29 is 0 Å². The topological polar surface area (TPSA) is 0 Å². The lowest BCUT2D eigenvalue weighted by atomic mass is 10.1. The zero-order valence-corrected chi connectivity index (χ0v) is 7.57. The lowest BCUT2D eigenvalue weighted by Gasteiger charge is -1.93. The van der Waals surface area contributed by atoms with Gasteiger partial charge in [-0.15, -0.1) is 0 Å². The van der Waals surface area contributed by atoms with Crippen LogP contribution >= 0.6 is 0 Å². The number of unbranched alkanes of at least 4 members (excludes halogenated alkanes) is 1. The lowest BCUT2D eigenvalue weighted by Crippen LogP contribution is -1.72. The molecule has 0 rings (SSSR count). The predicted molar refractivity (Wildman–Crippen MR) is 48.1 cm³/mol. The summed E-state index contributed by atoms with van der Waals surface area (Å²) in [5.74, 6) is 0. The first-order valence-electron chi connectivity index (χ1n) is 3.99. The van der Waals surface area contributed by atoms with Crippen LogP contribution in [0.25, 0.3) is 0 Å². The van der Waals surface area contributed by atoms with Crippen LogP contribution in [0.3, 0.4) is 0 Å². The smallest absolute Gasteiger partial charge is 0.0350 e. The molecule has 0 atom stereocenters. The van der Waals surface area contributed by atoms with E-state index in [2.05, 4.69) is 39.8 Å². The van der Waals surface area contributed by atoms with Crippen LogP contribution in [0.15, 0.2) is 23.3 Å². The summed E-state index contributed by atoms with van der Waals surface area (Å²) in [6.45, 7) is 8.64. The highest BCUT2D eigenvalue weighted by atomic mass is 13.9. The van der Waals surface area contributed by atoms with Crippen LogP contribution in [0, 0.1) is 0 Å². The van der Waals surface area contributed by atoms with Gasteiger partial charge in [-0.2, -0.15) is 0 Å². The molecule has 0 radical (unpaired) electrons. The highest BCUT2D eigenvalue weighted by Gasteiger charge is 1.82. The normalized spacial score (nSPS) is 10.4. The second-order valence-corrected chi connectivity index (χ2v) is 2.87. The van der Waals surface area contributed by atoms with Gasteiger partial charge in [-0.1, -0.05) is 36.6 Å². The molecule has 0 amide bonds. The molecule has 0 aromatic heterocycles. The van der Waals surface area contributed by atoms with E-state index >= 15 is 0 Å². The van der Waals surface area contributed by atoms with Crippen molar-refractivity contribution in [3.63, 3.8) is 0 Å². The third-order valence-electron chi connectivity index (χ3n) is 1.61. The second kappa shape index (κ2) is 5.28. The Labute approximate surface area is 64.6 Å². The highest BCUT2D eigenvalue weighted by molar-refractivity contribution is 5.20. The first-order chi connectivity index (χ1) is 4.68. The summed E-state index contributed by atoms with van der Waals surface area (Å²) in [7, 11) is 0. The summed E-state index contributed by atoms with van der Waals surface area (Å²) in [4.78, 5) is 0. The molecule has 0 N–H and O–H groups in total. The molecule has 0 bridgehead atoms. The number of hydrogen-bond acceptors (Lipinski definition) is 0. The molecular formula is C10H18. The van der Waals surface area contributed by atoms with Crippen molar-refractivity contribution in [2.75, 3.05) is 0 Å². The van der Waals surface area contributed by atoms with Crippen LogP contribution in [-0.2, 0) is 0 Å². The maximum absolute atomic E-state index is 2.24. The Bertz CT molecular complexity index is 134. The Morgan fingerprint density at radius 3 is 2.20 bits per heavy atom. The van der Waals surface area contributed by atoms with Gasteiger partial charge in [-0.25, -0.2) is 0 Å². The Hall–Kier alpha value is -0.520. The van der Waals surface area contributed by atoms with Crippen molar-refractivity contribution in [2.24, 2.45) is 0 Å². The van der Waals surface area contributed by atoms with Gasteiger partial charge in [0.05, 0.1) is 0 Å². The van der Waals surface area contributed by atoms with Crippen LogP contribution in [0.4, 0.5) is 0 Å². The molecule has 0 aliphatic rings. The van der Waals surface area contributed by atoms with Gasteiger partial charge >= 0.3 is 0 Å². The molecule has 0 heterocycles. The summed E-state index contributed by atoms with van der Waals surface area (Å²) < 4.78 is 0. The predicted octanol–water partition coefficient (Wildman–Crippen LogP) is 3.70. The largest absolute Gasteiger partial charge is 0.0843 e. The third-order valence-corrected chi connectivity index (χ3v) is 1.61. The van der Waals surface area contributed by atoms with Gasteiger partial charge in [0, 0.05) is 0 Å². The van der Waals surface area contributed by atoms with E-state index in [0.717, 1.165) is 0 Å². The Kier molecular flexibility index (Phi) is 5.00. The minimum Gasteiger partial charge on any atom is -0.0843 e. The fourth-order valence-electron chi connectivity index (χ4n) is 0.593. The zero-order valence-electron chi connectivity index (χ0n) is 7.57. The van der Waals surface area contributed by atoms with Crippen molar-refractivity contribution >= 4 is 0 Å². The van der Waals surface area contributed by atoms with E-state index < -0.39 is 0 Å². The van der Waals surface area contributed by atoms with Gasteiger partial charge in [0.2, 0.25) is 0 Å². The molecule has 0 aliphatic carbocycles. The Morgan fingerprint density at radius 1 is 1.20 bits per heavy atom. The van der Waals surface area contributed by atoms with Crippen LogP contribution in [0.5, 0.6) is 0 Å². The fourth-order valence-corrected chi connectivity index (χ4v) is 0.593. The molecule has 0 spiro atoms. The van der Waals surface area contributed by atoms with Crippen LogP contribution in [0.2, 0.25) is 0 Å². The summed E-state index contributed by atoms with van der Waals surface area (Å²) in [5.41, 5.74) is 2.81. The van der Waals surface area contributed by atoms with E-state index in [1.54, 1.807) is 0 Å². The molecule has 10 heavy (non-hydrogen) atoms. The van der Waals surface area contributed by atoms with Crippen LogP contribution in [0.1, 0.15) is 40.5 Å². The van der Waals surface area contributed by atoms with Gasteiger partial charge in [0.1, 0.15) is 0 Å². The SMILES string of the molecule is CCCC=CC(C)=C(C)C. The number of rotatable bonds is 3. The van der Waals surface area contributed by atoms with E-state index in [1.807, 2.05) is 0 Å². The van der Waals surface area contributed by atoms with Crippen LogP contribution in [-0.4, -0.2) is 0 Å². The van der Waals surface area contributed by atoms with Crippen molar-refractivity contribution in [1.29, 1.82) is 0 Å². The third kappa shape index (κ3) is 4.37. The van der Waals surface area contributed by atoms with Gasteiger partial charge in [0.15, 0.2) is 0 Å². The summed E-state index contributed by atoms with van der Waals surface area (Å²) in [6.07, 6.45) is 6.89. The Morgan fingerprint density at radius 2 is 1.80 bits per heavy atom. The van der Waals surface area contributed by atoms with Crippen molar-refractivity contribution in [2.45, 2.75) is 40.5 Å². The quantitative estimate of drug-likeness (QED) is 0.522. The van der Waals surface area contributed by atoms with Gasteiger partial charge in [-0.3, -0.25) is 0 Å². The second-order valence-electron chi connectivity index (χ2n) is 2.87. The Balaban J connectivity index is 3.78. The molecule has 0 nitrogen and oxygen atoms in total. The molecule has 0 aromatic carbocycles. The average Bonchev–Trinajstić information content (AvgIpc) is 1.88. The van der Waals surface area contributed by atoms with Crippen molar-refractivity contribution in [3.8, 4) is 0 Å². The summed E-state index contributed by atoms with van der Waals surface area (Å²) in [5, 5.41) is 0. The molecule has 0 aliphatic heterocycles. The van der Waals surface area contributed by atoms with Crippen molar-refractivity contribution in [1.82, 2.24) is 0 Å². The van der Waals surface area contributed by atoms with Crippen LogP contribution < -0.4 is 0 Å². The minimum atomic E-state index is 1.20. The van der Waals surface area contributed by atoms with E-state index in [0.29, 0.717) is 0 Å². The molecule has 0 saturated carbocycles. The monoisotopic (exact) mass is 138 g/mol.